The molecule has 0 saturated carbocycles. The second-order valence-corrected chi connectivity index (χ2v) is 1.41. The zero-order chi connectivity index (χ0) is 5.15. The number of carbonyl (C=O) groups excluding carboxylic acids is 1. The van der Waals surface area contributed by atoms with E-state index in [-0.39, 0.29) is 38.4 Å². The van der Waals surface area contributed by atoms with Crippen molar-refractivity contribution >= 4 is 29.0 Å². The molecule has 5 heteroatoms. The average Bonchev–Trinajstić information content (AvgIpc) is 1.36. The fourth-order valence-corrected chi connectivity index (χ4v) is 0. The van der Waals surface area contributed by atoms with E-state index in [0.717, 1.165) is 0 Å². The minimum absolute atomic E-state index is 0. The summed E-state index contributed by atoms with van der Waals surface area (Å²) in [4.78, 5) is 11.6. The van der Waals surface area contributed by atoms with Crippen molar-refractivity contribution in [1.82, 2.24) is 4.90 Å². The van der Waals surface area contributed by atoms with Crippen molar-refractivity contribution in [3.8, 4) is 0 Å². The first-order valence-corrected chi connectivity index (χ1v) is 1.82. The van der Waals surface area contributed by atoms with Crippen molar-refractivity contribution in [2.75, 3.05) is 14.1 Å². The largest absolute Gasteiger partial charge is 2.00 e. The van der Waals surface area contributed by atoms with Gasteiger partial charge in [0.1, 0.15) is 0 Å². The third-order valence-electron chi connectivity index (χ3n) is 0.630. The zero-order valence-electron chi connectivity index (χ0n) is 5.82. The van der Waals surface area contributed by atoms with Crippen LogP contribution >= 0.6 is 0 Å². The molecule has 0 fully saturated rings. The molecule has 0 rings (SSSR count). The SMILES string of the molecule is CC(=O)N(C)C.[F-].[F-].[Mg+2]. The number of carbonyl (C=O) groups is 1. The Morgan fingerprint density at radius 3 is 1.33 bits per heavy atom. The fraction of sp³-hybridized carbons (Fsp3) is 0.750. The second kappa shape index (κ2) is 11.0. The maximum Gasteiger partial charge on any atom is 2.00 e. The molecule has 0 aromatic rings. The number of amides is 1. The van der Waals surface area contributed by atoms with Gasteiger partial charge in [-0.25, -0.2) is 0 Å². The molecule has 0 aliphatic rings. The summed E-state index contributed by atoms with van der Waals surface area (Å²) in [6.07, 6.45) is 0. The Bertz CT molecular complexity index is 69.6. The summed E-state index contributed by atoms with van der Waals surface area (Å²) >= 11 is 0. The summed E-state index contributed by atoms with van der Waals surface area (Å²) < 4.78 is 0. The topological polar surface area (TPSA) is 20.3 Å². The number of hydrogen-bond donors (Lipinski definition) is 0. The van der Waals surface area contributed by atoms with Gasteiger partial charge in [-0.1, -0.05) is 0 Å². The number of halogens is 2. The molecular weight excluding hydrogens is 140 g/mol. The van der Waals surface area contributed by atoms with Gasteiger partial charge >= 0.3 is 23.1 Å². The molecule has 0 aliphatic heterocycles. The molecule has 0 unspecified atom stereocenters. The molecule has 1 amide bonds. The zero-order valence-corrected chi connectivity index (χ0v) is 7.23. The summed E-state index contributed by atoms with van der Waals surface area (Å²) in [6.45, 7) is 1.53. The van der Waals surface area contributed by atoms with Gasteiger partial charge in [0.25, 0.3) is 0 Å². The van der Waals surface area contributed by atoms with Gasteiger partial charge in [0.15, 0.2) is 0 Å². The minimum Gasteiger partial charge on any atom is -1.00 e. The molecule has 2 nitrogen and oxygen atoms in total. The maximum atomic E-state index is 10.1. The molecular formula is C4H9F2MgNO. The molecule has 0 bridgehead atoms. The first-order valence-electron chi connectivity index (χ1n) is 1.82. The monoisotopic (exact) mass is 149 g/mol. The number of nitrogens with zero attached hydrogens (tertiary/aromatic N) is 1. The Balaban J connectivity index is -0.0000000417. The van der Waals surface area contributed by atoms with Crippen LogP contribution < -0.4 is 9.41 Å². The van der Waals surface area contributed by atoms with E-state index in [1.54, 1.807) is 14.1 Å². The third kappa shape index (κ3) is 17.9. The third-order valence-corrected chi connectivity index (χ3v) is 0.630. The van der Waals surface area contributed by atoms with Gasteiger partial charge in [0, 0.05) is 21.0 Å². The van der Waals surface area contributed by atoms with E-state index in [9.17, 15) is 4.79 Å². The molecule has 0 aromatic heterocycles. The Morgan fingerprint density at radius 1 is 1.22 bits per heavy atom. The maximum absolute atomic E-state index is 10.1. The van der Waals surface area contributed by atoms with E-state index >= 15 is 0 Å². The first kappa shape index (κ1) is 23.0. The van der Waals surface area contributed by atoms with Crippen LogP contribution in [0.4, 0.5) is 0 Å². The second-order valence-electron chi connectivity index (χ2n) is 1.41. The van der Waals surface area contributed by atoms with E-state index in [0.29, 0.717) is 0 Å². The van der Waals surface area contributed by atoms with E-state index in [4.69, 9.17) is 0 Å². The van der Waals surface area contributed by atoms with Crippen LogP contribution in [-0.2, 0) is 4.79 Å². The molecule has 0 saturated heterocycles. The van der Waals surface area contributed by atoms with Crippen LogP contribution in [0.5, 0.6) is 0 Å². The predicted molar refractivity (Wildman–Crippen MR) is 30.1 cm³/mol. The molecule has 0 N–H and O–H groups in total. The Labute approximate surface area is 69.5 Å². The molecule has 0 heterocycles. The Kier molecular flexibility index (Phi) is 28.0. The summed E-state index contributed by atoms with van der Waals surface area (Å²) in [5.74, 6) is 0.0926. The molecule has 0 aliphatic carbocycles. The quantitative estimate of drug-likeness (QED) is 0.314. The van der Waals surface area contributed by atoms with Crippen LogP contribution in [0.2, 0.25) is 0 Å². The molecule has 9 heavy (non-hydrogen) atoms. The summed E-state index contributed by atoms with van der Waals surface area (Å²) in [5, 5.41) is 0. The van der Waals surface area contributed by atoms with E-state index in [1.807, 2.05) is 0 Å². The number of hydrogen-bond acceptors (Lipinski definition) is 1. The van der Waals surface area contributed by atoms with Gasteiger partial charge in [-0.15, -0.1) is 0 Å². The van der Waals surface area contributed by atoms with E-state index in [2.05, 4.69) is 0 Å². The van der Waals surface area contributed by atoms with Crippen LogP contribution in [0.3, 0.4) is 0 Å². The molecule has 52 valence electrons. The van der Waals surface area contributed by atoms with Crippen molar-refractivity contribution < 1.29 is 14.2 Å². The van der Waals surface area contributed by atoms with E-state index in [1.165, 1.54) is 11.8 Å². The first-order chi connectivity index (χ1) is 2.64. The van der Waals surface area contributed by atoms with Crippen LogP contribution in [0.15, 0.2) is 0 Å². The summed E-state index contributed by atoms with van der Waals surface area (Å²) in [7, 11) is 3.45. The molecule has 0 aromatic carbocycles. The van der Waals surface area contributed by atoms with Gasteiger partial charge < -0.3 is 14.3 Å². The molecule has 0 spiro atoms. The standard InChI is InChI=1S/C4H9NO.2FH.Mg/c1-4(6)5(2)3;;;/h1-3H3;2*1H;/q;;;+2/p-2. The van der Waals surface area contributed by atoms with Crippen molar-refractivity contribution in [1.29, 1.82) is 0 Å². The van der Waals surface area contributed by atoms with Crippen molar-refractivity contribution in [3.05, 3.63) is 0 Å². The van der Waals surface area contributed by atoms with Gasteiger partial charge in [-0.3, -0.25) is 4.79 Å². The van der Waals surface area contributed by atoms with Gasteiger partial charge in [0.2, 0.25) is 5.91 Å². The van der Waals surface area contributed by atoms with E-state index < -0.39 is 0 Å². The van der Waals surface area contributed by atoms with Crippen LogP contribution in [0.25, 0.3) is 0 Å². The van der Waals surface area contributed by atoms with Crippen LogP contribution in [-0.4, -0.2) is 48.0 Å². The fourth-order valence-electron chi connectivity index (χ4n) is 0. The Morgan fingerprint density at radius 2 is 1.33 bits per heavy atom. The average molecular weight is 149 g/mol. The Hall–Kier alpha value is 0.0962. The predicted octanol–water partition coefficient (Wildman–Crippen LogP) is -6.28. The smallest absolute Gasteiger partial charge is 1.00 e. The van der Waals surface area contributed by atoms with Crippen molar-refractivity contribution in [2.24, 2.45) is 0 Å². The van der Waals surface area contributed by atoms with Crippen LogP contribution in [0, 0.1) is 0 Å². The van der Waals surface area contributed by atoms with Gasteiger partial charge in [-0.2, -0.15) is 0 Å². The normalized spacial score (nSPS) is 5.22. The van der Waals surface area contributed by atoms with Crippen LogP contribution in [0.1, 0.15) is 6.92 Å². The summed E-state index contributed by atoms with van der Waals surface area (Å²) in [5.41, 5.74) is 0. The van der Waals surface area contributed by atoms with Crippen molar-refractivity contribution in [3.63, 3.8) is 0 Å². The van der Waals surface area contributed by atoms with Gasteiger partial charge in [0.05, 0.1) is 0 Å². The summed E-state index contributed by atoms with van der Waals surface area (Å²) in [6, 6.07) is 0. The van der Waals surface area contributed by atoms with Crippen molar-refractivity contribution in [2.45, 2.75) is 6.92 Å². The molecule has 0 radical (unpaired) electrons. The minimum atomic E-state index is 0. The van der Waals surface area contributed by atoms with Gasteiger partial charge in [-0.05, 0) is 0 Å². The number of rotatable bonds is 0. The molecule has 0 atom stereocenters.